The first-order chi connectivity index (χ1) is 10.7. The van der Waals surface area contributed by atoms with Crippen LogP contribution in [-0.4, -0.2) is 0 Å². The van der Waals surface area contributed by atoms with Crippen molar-refractivity contribution in [3.8, 4) is 6.07 Å². The zero-order chi connectivity index (χ0) is 15.8. The van der Waals surface area contributed by atoms with Crippen molar-refractivity contribution in [3.05, 3.63) is 59.7 Å². The Labute approximate surface area is 131 Å². The van der Waals surface area contributed by atoms with Gasteiger partial charge in [0.2, 0.25) is 0 Å². The summed E-state index contributed by atoms with van der Waals surface area (Å²) in [7, 11) is 0. The third-order valence-corrected chi connectivity index (χ3v) is 4.38. The molecule has 2 rings (SSSR count). The van der Waals surface area contributed by atoms with E-state index in [1.165, 1.54) is 43.9 Å². The number of hydrogen-bond donors (Lipinski definition) is 0. The molecule has 0 aliphatic heterocycles. The highest BCUT2D eigenvalue weighted by Crippen LogP contribution is 2.32. The third-order valence-electron chi connectivity index (χ3n) is 4.38. The van der Waals surface area contributed by atoms with Gasteiger partial charge in [-0.1, -0.05) is 24.3 Å². The van der Waals surface area contributed by atoms with E-state index in [1.54, 1.807) is 12.1 Å². The number of nitrogens with zero attached hydrogens (tertiary/aromatic N) is 1. The van der Waals surface area contributed by atoms with Crippen LogP contribution in [0.25, 0.3) is 0 Å². The minimum absolute atomic E-state index is 0.600. The van der Waals surface area contributed by atoms with Crippen molar-refractivity contribution in [2.24, 2.45) is 11.8 Å². The van der Waals surface area contributed by atoms with Gasteiger partial charge in [0.1, 0.15) is 0 Å². The fourth-order valence-corrected chi connectivity index (χ4v) is 3.06. The second-order valence-electron chi connectivity index (χ2n) is 5.94. The molecule has 0 bridgehead atoms. The molecule has 0 heterocycles. The third kappa shape index (κ3) is 5.11. The molecular weight excluding hydrogens is 280 g/mol. The molecular formula is C19H21F2N. The number of benzene rings is 1. The maximum Gasteiger partial charge on any atom is 0.159 e. The highest BCUT2D eigenvalue weighted by atomic mass is 19.2. The SMILES string of the molecule is N#CC=CC=CC1CCC(CCc2ccc(F)c(F)c2)CC1. The Bertz CT molecular complexity index is 576. The molecule has 1 aromatic rings. The average molecular weight is 301 g/mol. The Kier molecular flexibility index (Phi) is 6.33. The van der Waals surface area contributed by atoms with Crippen LogP contribution in [0.3, 0.4) is 0 Å². The lowest BCUT2D eigenvalue weighted by molar-refractivity contribution is 0.296. The molecule has 0 aromatic heterocycles. The summed E-state index contributed by atoms with van der Waals surface area (Å²) in [5, 5.41) is 8.41. The number of nitriles is 1. The highest BCUT2D eigenvalue weighted by Gasteiger charge is 2.19. The van der Waals surface area contributed by atoms with Crippen LogP contribution in [0.4, 0.5) is 8.78 Å². The minimum atomic E-state index is -0.776. The molecule has 22 heavy (non-hydrogen) atoms. The van der Waals surface area contributed by atoms with Gasteiger partial charge in [-0.05, 0) is 68.1 Å². The topological polar surface area (TPSA) is 23.8 Å². The van der Waals surface area contributed by atoms with Gasteiger partial charge in [-0.25, -0.2) is 8.78 Å². The van der Waals surface area contributed by atoms with Gasteiger partial charge in [-0.2, -0.15) is 5.26 Å². The Hall–Kier alpha value is -1.95. The first-order valence-electron chi connectivity index (χ1n) is 7.86. The second-order valence-corrected chi connectivity index (χ2v) is 5.94. The summed E-state index contributed by atoms with van der Waals surface area (Å²) in [6.07, 6.45) is 13.9. The van der Waals surface area contributed by atoms with E-state index in [2.05, 4.69) is 6.08 Å². The number of allylic oxidation sites excluding steroid dienone is 4. The van der Waals surface area contributed by atoms with Gasteiger partial charge in [-0.15, -0.1) is 0 Å². The van der Waals surface area contributed by atoms with E-state index in [0.29, 0.717) is 11.8 Å². The molecule has 3 heteroatoms. The molecule has 1 aromatic carbocycles. The van der Waals surface area contributed by atoms with Crippen molar-refractivity contribution in [2.45, 2.75) is 38.5 Å². The number of halogens is 2. The first-order valence-corrected chi connectivity index (χ1v) is 7.86. The van der Waals surface area contributed by atoms with E-state index in [4.69, 9.17) is 5.26 Å². The van der Waals surface area contributed by atoms with E-state index < -0.39 is 11.6 Å². The van der Waals surface area contributed by atoms with Gasteiger partial charge in [0.25, 0.3) is 0 Å². The summed E-state index contributed by atoms with van der Waals surface area (Å²) in [4.78, 5) is 0. The van der Waals surface area contributed by atoms with Gasteiger partial charge in [0.15, 0.2) is 11.6 Å². The molecule has 0 spiro atoms. The van der Waals surface area contributed by atoms with Crippen molar-refractivity contribution in [3.63, 3.8) is 0 Å². The zero-order valence-corrected chi connectivity index (χ0v) is 12.6. The van der Waals surface area contributed by atoms with E-state index in [9.17, 15) is 8.78 Å². The molecule has 1 fully saturated rings. The summed E-state index contributed by atoms with van der Waals surface area (Å²) in [5.41, 5.74) is 0.877. The lowest BCUT2D eigenvalue weighted by Crippen LogP contribution is -2.13. The summed E-state index contributed by atoms with van der Waals surface area (Å²) >= 11 is 0. The highest BCUT2D eigenvalue weighted by molar-refractivity contribution is 5.18. The summed E-state index contributed by atoms with van der Waals surface area (Å²) < 4.78 is 26.0. The van der Waals surface area contributed by atoms with Gasteiger partial charge in [0, 0.05) is 6.08 Å². The monoisotopic (exact) mass is 301 g/mol. The maximum atomic E-state index is 13.2. The van der Waals surface area contributed by atoms with Crippen molar-refractivity contribution in [1.29, 1.82) is 5.26 Å². The average Bonchev–Trinajstić information content (AvgIpc) is 2.54. The van der Waals surface area contributed by atoms with E-state index in [1.807, 2.05) is 12.1 Å². The molecule has 0 amide bonds. The van der Waals surface area contributed by atoms with E-state index in [-0.39, 0.29) is 0 Å². The molecule has 0 radical (unpaired) electrons. The van der Waals surface area contributed by atoms with E-state index in [0.717, 1.165) is 18.4 Å². The van der Waals surface area contributed by atoms with Crippen LogP contribution >= 0.6 is 0 Å². The smallest absolute Gasteiger partial charge is 0.159 e. The largest absolute Gasteiger partial charge is 0.204 e. The van der Waals surface area contributed by atoms with Gasteiger partial charge in [-0.3, -0.25) is 0 Å². The molecule has 0 saturated heterocycles. The predicted molar refractivity (Wildman–Crippen MR) is 84.0 cm³/mol. The lowest BCUT2D eigenvalue weighted by atomic mass is 9.79. The minimum Gasteiger partial charge on any atom is -0.204 e. The van der Waals surface area contributed by atoms with Crippen LogP contribution in [0.15, 0.2) is 42.5 Å². The van der Waals surface area contributed by atoms with E-state index >= 15 is 0 Å². The van der Waals surface area contributed by atoms with Crippen LogP contribution in [-0.2, 0) is 6.42 Å². The fraction of sp³-hybridized carbons (Fsp3) is 0.421. The van der Waals surface area contributed by atoms with Crippen LogP contribution in [0.1, 0.15) is 37.7 Å². The summed E-state index contributed by atoms with van der Waals surface area (Å²) in [6, 6.07) is 6.17. The Morgan fingerprint density at radius 1 is 1.09 bits per heavy atom. The lowest BCUT2D eigenvalue weighted by Gasteiger charge is -2.26. The molecule has 0 N–H and O–H groups in total. The van der Waals surface area contributed by atoms with Gasteiger partial charge in [0.05, 0.1) is 6.07 Å². The molecule has 116 valence electrons. The van der Waals surface area contributed by atoms with Crippen molar-refractivity contribution >= 4 is 0 Å². The molecule has 1 aliphatic rings. The zero-order valence-electron chi connectivity index (χ0n) is 12.6. The number of rotatable bonds is 5. The van der Waals surface area contributed by atoms with Crippen LogP contribution in [0.2, 0.25) is 0 Å². The van der Waals surface area contributed by atoms with Gasteiger partial charge < -0.3 is 0 Å². The van der Waals surface area contributed by atoms with Crippen molar-refractivity contribution in [2.75, 3.05) is 0 Å². The summed E-state index contributed by atoms with van der Waals surface area (Å²) in [5.74, 6) is -0.256. The molecule has 1 aliphatic carbocycles. The van der Waals surface area contributed by atoms with Crippen LogP contribution in [0, 0.1) is 34.8 Å². The quantitative estimate of drug-likeness (QED) is 0.532. The van der Waals surface area contributed by atoms with Crippen LogP contribution < -0.4 is 0 Å². The normalized spacial score (nSPS) is 22.2. The fourth-order valence-electron chi connectivity index (χ4n) is 3.06. The molecule has 1 nitrogen and oxygen atoms in total. The maximum absolute atomic E-state index is 13.2. The Balaban J connectivity index is 1.73. The Morgan fingerprint density at radius 3 is 2.55 bits per heavy atom. The Morgan fingerprint density at radius 2 is 1.86 bits per heavy atom. The van der Waals surface area contributed by atoms with Crippen molar-refractivity contribution < 1.29 is 8.78 Å². The second kappa shape index (κ2) is 8.48. The number of aryl methyl sites for hydroxylation is 1. The molecule has 0 atom stereocenters. The predicted octanol–water partition coefficient (Wildman–Crippen LogP) is 5.34. The van der Waals surface area contributed by atoms with Gasteiger partial charge >= 0.3 is 0 Å². The molecule has 1 saturated carbocycles. The molecule has 0 unspecified atom stereocenters. The first kappa shape index (κ1) is 16.4. The summed E-state index contributed by atoms with van der Waals surface area (Å²) in [6.45, 7) is 0. The van der Waals surface area contributed by atoms with Crippen LogP contribution in [0.5, 0.6) is 0 Å². The standard InChI is InChI=1S/C19H21F2N/c20-18-12-11-17(14-19(18)21)10-9-16-7-5-15(6-8-16)4-2-1-3-13-22/h1-4,11-12,14-16H,5-10H2. The van der Waals surface area contributed by atoms with Crippen molar-refractivity contribution in [1.82, 2.24) is 0 Å². The number of hydrogen-bond acceptors (Lipinski definition) is 1.